The molecule has 5 nitrogen and oxygen atoms in total. The van der Waals surface area contributed by atoms with Crippen LogP contribution in [-0.4, -0.2) is 13.3 Å². The third-order valence-electron chi connectivity index (χ3n) is 2.64. The first kappa shape index (κ1) is 13.2. The molecule has 0 saturated heterocycles. The fourth-order valence-corrected chi connectivity index (χ4v) is 3.31. The van der Waals surface area contributed by atoms with E-state index in [1.54, 1.807) is 24.3 Å². The number of hydrogen-bond acceptors (Lipinski definition) is 4. The van der Waals surface area contributed by atoms with Crippen molar-refractivity contribution in [3.8, 4) is 0 Å². The first-order chi connectivity index (χ1) is 9.03. The molecule has 0 fully saturated rings. The summed E-state index contributed by atoms with van der Waals surface area (Å²) in [5, 5.41) is 9.36. The van der Waals surface area contributed by atoms with Crippen molar-refractivity contribution in [2.75, 3.05) is 0 Å². The highest BCUT2D eigenvalue weighted by atomic mass is 32.2. The Morgan fingerprint density at radius 2 is 1.37 bits per heavy atom. The lowest BCUT2D eigenvalue weighted by molar-refractivity contribution is -0.502. The van der Waals surface area contributed by atoms with Crippen LogP contribution in [0.25, 0.3) is 0 Å². The highest BCUT2D eigenvalue weighted by Gasteiger charge is 2.38. The van der Waals surface area contributed by atoms with E-state index in [1.165, 1.54) is 36.4 Å². The van der Waals surface area contributed by atoms with Crippen LogP contribution in [0.2, 0.25) is 0 Å². The van der Waals surface area contributed by atoms with Crippen LogP contribution in [0.1, 0.15) is 10.9 Å². The van der Waals surface area contributed by atoms with Gasteiger partial charge in [-0.25, -0.2) is 8.42 Å². The second-order valence-corrected chi connectivity index (χ2v) is 5.91. The van der Waals surface area contributed by atoms with Crippen molar-refractivity contribution in [1.29, 1.82) is 0 Å². The van der Waals surface area contributed by atoms with E-state index >= 15 is 0 Å². The third-order valence-corrected chi connectivity index (χ3v) is 4.60. The number of sulfone groups is 1. The minimum Gasteiger partial charge on any atom is -0.263 e. The van der Waals surface area contributed by atoms with Crippen LogP contribution in [0.4, 0.5) is 0 Å². The molecule has 0 aliphatic carbocycles. The van der Waals surface area contributed by atoms with E-state index in [4.69, 9.17) is 0 Å². The lowest BCUT2D eigenvalue weighted by Crippen LogP contribution is -2.21. The summed E-state index contributed by atoms with van der Waals surface area (Å²) in [6.07, 6.45) is 0. The van der Waals surface area contributed by atoms with Crippen LogP contribution < -0.4 is 0 Å². The maximum Gasteiger partial charge on any atom is 0.339 e. The van der Waals surface area contributed by atoms with Gasteiger partial charge in [0.15, 0.2) is 0 Å². The van der Waals surface area contributed by atoms with E-state index in [9.17, 15) is 18.5 Å². The molecular weight excluding hydrogens is 266 g/mol. The van der Waals surface area contributed by atoms with Gasteiger partial charge in [-0.05, 0) is 12.1 Å². The zero-order chi connectivity index (χ0) is 13.9. The highest BCUT2D eigenvalue weighted by Crippen LogP contribution is 2.28. The van der Waals surface area contributed by atoms with E-state index in [0.717, 1.165) is 0 Å². The molecular formula is C13H11NO4S. The maximum atomic E-state index is 12.3. The van der Waals surface area contributed by atoms with Gasteiger partial charge in [0.2, 0.25) is 0 Å². The smallest absolute Gasteiger partial charge is 0.263 e. The Hall–Kier alpha value is -2.21. The Labute approximate surface area is 110 Å². The van der Waals surface area contributed by atoms with E-state index in [-0.39, 0.29) is 10.5 Å². The average Bonchev–Trinajstić information content (AvgIpc) is 2.40. The summed E-state index contributed by atoms with van der Waals surface area (Å²) < 4.78 is 24.7. The second-order valence-electron chi connectivity index (χ2n) is 3.91. The van der Waals surface area contributed by atoms with Gasteiger partial charge in [-0.3, -0.25) is 10.1 Å². The molecule has 98 valence electrons. The lowest BCUT2D eigenvalue weighted by Gasteiger charge is -2.10. The predicted molar refractivity (Wildman–Crippen MR) is 69.8 cm³/mol. The summed E-state index contributed by atoms with van der Waals surface area (Å²) in [5.41, 5.74) is 0.149. The molecule has 6 heteroatoms. The third kappa shape index (κ3) is 2.63. The molecule has 1 unspecified atom stereocenters. The Morgan fingerprint density at radius 1 is 0.895 bits per heavy atom. The van der Waals surface area contributed by atoms with E-state index in [0.29, 0.717) is 0 Å². The van der Waals surface area contributed by atoms with Gasteiger partial charge < -0.3 is 0 Å². The fraction of sp³-hybridized carbons (Fsp3) is 0.0769. The van der Waals surface area contributed by atoms with Crippen molar-refractivity contribution in [3.05, 3.63) is 76.3 Å². The number of hydrogen-bond donors (Lipinski definition) is 0. The van der Waals surface area contributed by atoms with Gasteiger partial charge in [0, 0.05) is 10.5 Å². The Morgan fingerprint density at radius 3 is 1.84 bits per heavy atom. The normalized spacial score (nSPS) is 12.8. The summed E-state index contributed by atoms with van der Waals surface area (Å²) in [7, 11) is -4.05. The summed E-state index contributed by atoms with van der Waals surface area (Å²) in [4.78, 5) is 10.3. The number of benzene rings is 2. The van der Waals surface area contributed by atoms with Crippen molar-refractivity contribution >= 4 is 9.84 Å². The first-order valence-electron chi connectivity index (χ1n) is 5.51. The predicted octanol–water partition coefficient (Wildman–Crippen LogP) is 2.44. The molecule has 0 aliphatic heterocycles. The standard InChI is InChI=1S/C13H11NO4S/c15-14(16)13(11-7-3-1-4-8-11)19(17,18)12-9-5-2-6-10-12/h1-10,13H. The van der Waals surface area contributed by atoms with Gasteiger partial charge in [-0.2, -0.15) is 0 Å². The van der Waals surface area contributed by atoms with Crippen LogP contribution in [0.15, 0.2) is 65.6 Å². The molecule has 0 aromatic heterocycles. The van der Waals surface area contributed by atoms with Gasteiger partial charge in [0.05, 0.1) is 4.90 Å². The van der Waals surface area contributed by atoms with Crippen LogP contribution in [0.3, 0.4) is 0 Å². The summed E-state index contributed by atoms with van der Waals surface area (Å²) >= 11 is 0. The molecule has 2 aromatic carbocycles. The number of nitrogens with zero attached hydrogens (tertiary/aromatic N) is 1. The molecule has 0 heterocycles. The minimum atomic E-state index is -4.05. The molecule has 1 atom stereocenters. The van der Waals surface area contributed by atoms with Crippen LogP contribution in [0, 0.1) is 10.1 Å². The Kier molecular flexibility index (Phi) is 3.62. The van der Waals surface area contributed by atoms with Gasteiger partial charge in [0.25, 0.3) is 9.84 Å². The lowest BCUT2D eigenvalue weighted by atomic mass is 10.2. The fourth-order valence-electron chi connectivity index (χ4n) is 1.77. The molecule has 0 aliphatic rings. The van der Waals surface area contributed by atoms with E-state index < -0.39 is 20.1 Å². The van der Waals surface area contributed by atoms with Crippen molar-refractivity contribution in [1.82, 2.24) is 0 Å². The van der Waals surface area contributed by atoms with Crippen LogP contribution in [-0.2, 0) is 9.84 Å². The zero-order valence-electron chi connectivity index (χ0n) is 9.84. The van der Waals surface area contributed by atoms with Gasteiger partial charge >= 0.3 is 5.37 Å². The quantitative estimate of drug-likeness (QED) is 0.635. The van der Waals surface area contributed by atoms with E-state index in [2.05, 4.69) is 0 Å². The molecule has 0 bridgehead atoms. The van der Waals surface area contributed by atoms with Crippen molar-refractivity contribution in [2.24, 2.45) is 0 Å². The maximum absolute atomic E-state index is 12.3. The SMILES string of the molecule is O=[N+]([O-])C(c1ccccc1)S(=O)(=O)c1ccccc1. The van der Waals surface area contributed by atoms with Gasteiger partial charge in [-0.15, -0.1) is 0 Å². The van der Waals surface area contributed by atoms with Gasteiger partial charge in [0.1, 0.15) is 0 Å². The van der Waals surface area contributed by atoms with Crippen LogP contribution in [0.5, 0.6) is 0 Å². The van der Waals surface area contributed by atoms with Crippen molar-refractivity contribution in [2.45, 2.75) is 10.3 Å². The minimum absolute atomic E-state index is 0.0550. The Balaban J connectivity index is 2.55. The first-order valence-corrected chi connectivity index (χ1v) is 7.05. The molecule has 0 amide bonds. The van der Waals surface area contributed by atoms with Crippen molar-refractivity contribution < 1.29 is 13.3 Å². The van der Waals surface area contributed by atoms with Gasteiger partial charge in [-0.1, -0.05) is 48.5 Å². The second kappa shape index (κ2) is 5.19. The topological polar surface area (TPSA) is 77.3 Å². The van der Waals surface area contributed by atoms with E-state index in [1.807, 2.05) is 0 Å². The zero-order valence-corrected chi connectivity index (χ0v) is 10.7. The molecule has 0 saturated carbocycles. The molecule has 19 heavy (non-hydrogen) atoms. The molecule has 2 rings (SSSR count). The average molecular weight is 277 g/mol. The van der Waals surface area contributed by atoms with Crippen LogP contribution >= 0.6 is 0 Å². The Bertz CT molecular complexity index is 668. The number of nitro groups is 1. The van der Waals surface area contributed by atoms with Crippen molar-refractivity contribution in [3.63, 3.8) is 0 Å². The molecule has 0 spiro atoms. The molecule has 0 radical (unpaired) electrons. The molecule has 2 aromatic rings. The monoisotopic (exact) mass is 277 g/mol. The summed E-state index contributed by atoms with van der Waals surface area (Å²) in [5.74, 6) is 0. The summed E-state index contributed by atoms with van der Waals surface area (Å²) in [6, 6.07) is 15.1. The molecule has 0 N–H and O–H groups in total. The summed E-state index contributed by atoms with van der Waals surface area (Å²) in [6.45, 7) is 0. The number of rotatable bonds is 4. The highest BCUT2D eigenvalue weighted by molar-refractivity contribution is 7.91. The largest absolute Gasteiger partial charge is 0.339 e.